The van der Waals surface area contributed by atoms with Crippen LogP contribution in [0.15, 0.2) is 107 Å². The number of halogens is 6. The summed E-state index contributed by atoms with van der Waals surface area (Å²) in [5.41, 5.74) is 0.553. The van der Waals surface area contributed by atoms with Crippen molar-refractivity contribution in [2.24, 2.45) is 0 Å². The molecule has 0 spiro atoms. The van der Waals surface area contributed by atoms with Crippen LogP contribution >= 0.6 is 0 Å². The van der Waals surface area contributed by atoms with Gasteiger partial charge in [0.15, 0.2) is 10.9 Å². The second kappa shape index (κ2) is 10.0. The highest BCUT2D eigenvalue weighted by molar-refractivity contribution is 6.31. The minimum Gasteiger partial charge on any atom is -0.289 e. The summed E-state index contributed by atoms with van der Waals surface area (Å²) >= 11 is 0. The van der Waals surface area contributed by atoms with Gasteiger partial charge in [0.05, 0.1) is 11.1 Å². The maximum atomic E-state index is 13.7. The van der Waals surface area contributed by atoms with Crippen LogP contribution < -0.4 is 10.9 Å². The normalized spacial score (nSPS) is 12.8. The minimum atomic E-state index is -5.00. The van der Waals surface area contributed by atoms with Gasteiger partial charge in [0.1, 0.15) is 0 Å². The summed E-state index contributed by atoms with van der Waals surface area (Å²) in [6.07, 6.45) is -10.0. The summed E-state index contributed by atoms with van der Waals surface area (Å²) < 4.78 is 81.3. The summed E-state index contributed by atoms with van der Waals surface area (Å²) in [5, 5.41) is 5.78. The highest BCUT2D eigenvalue weighted by atomic mass is 19.4. The SMILES string of the molecule is Cc1cc(C)cc(-c2ccc3c(c2)c(=O)c2ccc4c(ccc5c(=O)c6cc(-c7cc(C(F)(F)F)cc(C(F)(F)F)c7)ccc6c54)c23)c1. The molecule has 8 aromatic carbocycles. The third-order valence-corrected chi connectivity index (χ3v) is 9.23. The molecule has 0 aliphatic rings. The number of alkyl halides is 6. The third-order valence-electron chi connectivity index (χ3n) is 9.23. The lowest BCUT2D eigenvalue weighted by Crippen LogP contribution is -2.11. The number of aryl methyl sites for hydroxylation is 2. The van der Waals surface area contributed by atoms with Gasteiger partial charge in [-0.05, 0) is 100 Å². The third kappa shape index (κ3) is 4.50. The van der Waals surface area contributed by atoms with E-state index in [1.54, 1.807) is 30.3 Å². The molecule has 0 fully saturated rings. The standard InChI is InChI=1S/C40H22F6O2/c1-19-11-20(2)13-23(12-19)21-3-5-29-33(16-21)37(47)31-9-7-28-27(35(29)31)8-10-32-36(28)30-6-4-22(17-34(30)38(32)48)24-14-25(39(41,42)43)18-26(15-24)40(44,45)46/h3-18H,1-2H3. The molecule has 48 heavy (non-hydrogen) atoms. The quantitative estimate of drug-likeness (QED) is 0.175. The molecule has 0 aliphatic heterocycles. The zero-order valence-electron chi connectivity index (χ0n) is 25.3. The summed E-state index contributed by atoms with van der Waals surface area (Å²) in [4.78, 5) is 27.3. The van der Waals surface area contributed by atoms with E-state index in [0.29, 0.717) is 44.5 Å². The fourth-order valence-electron chi connectivity index (χ4n) is 7.18. The van der Waals surface area contributed by atoms with Crippen LogP contribution in [0.3, 0.4) is 0 Å². The van der Waals surface area contributed by atoms with E-state index >= 15 is 0 Å². The Hall–Kier alpha value is -5.50. The number of benzene rings is 6. The van der Waals surface area contributed by atoms with Crippen LogP contribution in [0.25, 0.3) is 76.1 Å². The summed E-state index contributed by atoms with van der Waals surface area (Å²) in [6.45, 7) is 4.04. The molecule has 0 saturated heterocycles. The topological polar surface area (TPSA) is 34.1 Å². The van der Waals surface area contributed by atoms with Crippen molar-refractivity contribution in [3.63, 3.8) is 0 Å². The molecule has 0 amide bonds. The van der Waals surface area contributed by atoms with Crippen molar-refractivity contribution in [3.8, 4) is 22.3 Å². The molecule has 0 radical (unpaired) electrons. The van der Waals surface area contributed by atoms with Crippen LogP contribution in [0.2, 0.25) is 0 Å². The number of rotatable bonds is 2. The van der Waals surface area contributed by atoms with Gasteiger partial charge in [0, 0.05) is 32.3 Å². The Morgan fingerprint density at radius 2 is 0.729 bits per heavy atom. The fourth-order valence-corrected chi connectivity index (χ4v) is 7.18. The number of fused-ring (bicyclic) bond motifs is 9. The predicted molar refractivity (Wildman–Crippen MR) is 179 cm³/mol. The average molecular weight is 649 g/mol. The number of hydrogen-bond acceptors (Lipinski definition) is 2. The first-order valence-electron chi connectivity index (χ1n) is 15.1. The Balaban J connectivity index is 1.35. The van der Waals surface area contributed by atoms with Crippen molar-refractivity contribution < 1.29 is 26.3 Å². The van der Waals surface area contributed by atoms with Crippen molar-refractivity contribution in [1.29, 1.82) is 0 Å². The molecule has 0 bridgehead atoms. The largest absolute Gasteiger partial charge is 0.416 e. The van der Waals surface area contributed by atoms with Gasteiger partial charge in [0.25, 0.3) is 0 Å². The highest BCUT2D eigenvalue weighted by Gasteiger charge is 2.37. The zero-order valence-corrected chi connectivity index (χ0v) is 25.3. The molecule has 8 heteroatoms. The summed E-state index contributed by atoms with van der Waals surface area (Å²) in [5.74, 6) is 0. The zero-order chi connectivity index (χ0) is 33.9. The Bertz CT molecular complexity index is 2710. The van der Waals surface area contributed by atoms with E-state index in [1.807, 2.05) is 32.0 Å². The van der Waals surface area contributed by atoms with Gasteiger partial charge >= 0.3 is 12.4 Å². The van der Waals surface area contributed by atoms with Crippen LogP contribution in [-0.4, -0.2) is 0 Å². The van der Waals surface area contributed by atoms with E-state index in [4.69, 9.17) is 0 Å². The van der Waals surface area contributed by atoms with Crippen molar-refractivity contribution >= 4 is 53.9 Å². The average Bonchev–Trinajstić information content (AvgIpc) is 3.49. The van der Waals surface area contributed by atoms with E-state index in [2.05, 4.69) is 18.2 Å². The summed E-state index contributed by atoms with van der Waals surface area (Å²) in [6, 6.07) is 24.8. The molecule has 0 N–H and O–H groups in total. The monoisotopic (exact) mass is 648 g/mol. The molecule has 0 saturated carbocycles. The lowest BCUT2D eigenvalue weighted by Gasteiger charge is -2.14. The van der Waals surface area contributed by atoms with Crippen LogP contribution in [0.1, 0.15) is 22.3 Å². The molecular weight excluding hydrogens is 626 g/mol. The van der Waals surface area contributed by atoms with Crippen molar-refractivity contribution in [1.82, 2.24) is 0 Å². The Morgan fingerprint density at radius 1 is 0.375 bits per heavy atom. The van der Waals surface area contributed by atoms with Gasteiger partial charge in [-0.3, -0.25) is 9.59 Å². The van der Waals surface area contributed by atoms with E-state index in [9.17, 15) is 35.9 Å². The first kappa shape index (κ1) is 29.9. The molecule has 0 aliphatic carbocycles. The molecule has 236 valence electrons. The lowest BCUT2D eigenvalue weighted by atomic mass is 9.96. The second-order valence-corrected chi connectivity index (χ2v) is 12.4. The molecule has 0 heterocycles. The van der Waals surface area contributed by atoms with Crippen LogP contribution in [0, 0.1) is 13.8 Å². The van der Waals surface area contributed by atoms with Crippen LogP contribution in [0.4, 0.5) is 26.3 Å². The molecule has 8 aromatic rings. The van der Waals surface area contributed by atoms with Gasteiger partial charge in [-0.1, -0.05) is 65.7 Å². The first-order chi connectivity index (χ1) is 22.7. The van der Waals surface area contributed by atoms with Crippen LogP contribution in [0.5, 0.6) is 0 Å². The van der Waals surface area contributed by atoms with Gasteiger partial charge in [-0.25, -0.2) is 0 Å². The Kier molecular flexibility index (Phi) is 6.22. The lowest BCUT2D eigenvalue weighted by molar-refractivity contribution is -0.143. The van der Waals surface area contributed by atoms with Gasteiger partial charge < -0.3 is 0 Å². The van der Waals surface area contributed by atoms with E-state index in [-0.39, 0.29) is 33.4 Å². The van der Waals surface area contributed by atoms with Crippen molar-refractivity contribution in [2.75, 3.05) is 0 Å². The Morgan fingerprint density at radius 3 is 1.15 bits per heavy atom. The fraction of sp³-hybridized carbons (Fsp3) is 0.100. The minimum absolute atomic E-state index is 0.0517. The molecule has 0 aromatic heterocycles. The maximum Gasteiger partial charge on any atom is 0.416 e. The van der Waals surface area contributed by atoms with E-state index in [0.717, 1.165) is 38.4 Å². The predicted octanol–water partition coefficient (Wildman–Crippen LogP) is 11.0. The molecule has 0 atom stereocenters. The maximum absolute atomic E-state index is 13.7. The number of hydrogen-bond donors (Lipinski definition) is 0. The summed E-state index contributed by atoms with van der Waals surface area (Å²) in [7, 11) is 0. The second-order valence-electron chi connectivity index (χ2n) is 12.4. The van der Waals surface area contributed by atoms with Gasteiger partial charge in [-0.15, -0.1) is 0 Å². The van der Waals surface area contributed by atoms with Crippen molar-refractivity contribution in [3.05, 3.63) is 140 Å². The van der Waals surface area contributed by atoms with Gasteiger partial charge in [-0.2, -0.15) is 26.3 Å². The first-order valence-corrected chi connectivity index (χ1v) is 15.1. The van der Waals surface area contributed by atoms with Gasteiger partial charge in [0.2, 0.25) is 0 Å². The molecule has 0 unspecified atom stereocenters. The van der Waals surface area contributed by atoms with E-state index < -0.39 is 23.5 Å². The molecule has 8 rings (SSSR count). The smallest absolute Gasteiger partial charge is 0.289 e. The molecular formula is C40H22F6O2. The molecule has 2 nitrogen and oxygen atoms in total. The van der Waals surface area contributed by atoms with Crippen LogP contribution in [-0.2, 0) is 12.4 Å². The highest BCUT2D eigenvalue weighted by Crippen LogP contribution is 2.41. The Labute approximate surface area is 268 Å². The van der Waals surface area contributed by atoms with Crippen molar-refractivity contribution in [2.45, 2.75) is 26.2 Å². The van der Waals surface area contributed by atoms with E-state index in [1.165, 1.54) is 12.1 Å².